The van der Waals surface area contributed by atoms with Gasteiger partial charge >= 0.3 is 5.97 Å². The molecule has 29 heavy (non-hydrogen) atoms. The zero-order valence-corrected chi connectivity index (χ0v) is 17.4. The van der Waals surface area contributed by atoms with Crippen LogP contribution >= 0.6 is 0 Å². The quantitative estimate of drug-likeness (QED) is 0.680. The van der Waals surface area contributed by atoms with Gasteiger partial charge in [0.15, 0.2) is 15.9 Å². The van der Waals surface area contributed by atoms with Gasteiger partial charge in [-0.3, -0.25) is 14.4 Å². The van der Waals surface area contributed by atoms with Crippen molar-refractivity contribution >= 4 is 33.3 Å². The van der Waals surface area contributed by atoms with Crippen molar-refractivity contribution in [1.82, 2.24) is 5.32 Å². The van der Waals surface area contributed by atoms with Gasteiger partial charge in [0.05, 0.1) is 17.4 Å². The van der Waals surface area contributed by atoms with Gasteiger partial charge in [-0.05, 0) is 31.4 Å². The number of benzene rings is 1. The largest absolute Gasteiger partial charge is 0.452 e. The van der Waals surface area contributed by atoms with Crippen LogP contribution in [0.1, 0.15) is 32.3 Å². The first-order chi connectivity index (χ1) is 13.7. The highest BCUT2D eigenvalue weighted by atomic mass is 32.2. The van der Waals surface area contributed by atoms with E-state index in [-0.39, 0.29) is 30.4 Å². The number of carbonyl (C=O) groups excluding carboxylic acids is 3. The predicted octanol–water partition coefficient (Wildman–Crippen LogP) is 0.837. The Balaban J connectivity index is 1.57. The van der Waals surface area contributed by atoms with E-state index in [2.05, 4.69) is 5.32 Å². The molecule has 1 aromatic rings. The molecule has 2 aliphatic rings. The maximum atomic E-state index is 12.5. The topological polar surface area (TPSA) is 110 Å². The Kier molecular flexibility index (Phi) is 6.26. The van der Waals surface area contributed by atoms with E-state index in [9.17, 15) is 22.8 Å². The van der Waals surface area contributed by atoms with E-state index in [0.29, 0.717) is 6.42 Å². The number of para-hydroxylation sites is 1. The van der Waals surface area contributed by atoms with Crippen LogP contribution in [0.5, 0.6) is 0 Å². The summed E-state index contributed by atoms with van der Waals surface area (Å²) in [6, 6.07) is 7.11. The van der Waals surface area contributed by atoms with E-state index in [1.807, 2.05) is 31.2 Å². The second kappa shape index (κ2) is 8.52. The van der Waals surface area contributed by atoms with Gasteiger partial charge < -0.3 is 15.0 Å². The van der Waals surface area contributed by atoms with Crippen molar-refractivity contribution in [2.45, 2.75) is 45.3 Å². The second-order valence-corrected chi connectivity index (χ2v) is 9.80. The third kappa shape index (κ3) is 4.95. The molecule has 1 N–H and O–H groups in total. The number of rotatable bonds is 6. The molecule has 0 unspecified atom stereocenters. The van der Waals surface area contributed by atoms with Gasteiger partial charge in [0.1, 0.15) is 0 Å². The van der Waals surface area contributed by atoms with E-state index in [1.54, 1.807) is 4.90 Å². The van der Waals surface area contributed by atoms with Gasteiger partial charge in [-0.2, -0.15) is 0 Å². The van der Waals surface area contributed by atoms with Crippen LogP contribution in [0.3, 0.4) is 0 Å². The molecule has 0 radical (unpaired) electrons. The lowest BCUT2D eigenvalue weighted by atomic mass is 10.1. The summed E-state index contributed by atoms with van der Waals surface area (Å²) in [5, 5.41) is 2.62. The molecule has 1 aromatic carbocycles. The Morgan fingerprint density at radius 1 is 1.31 bits per heavy atom. The molecular weight excluding hydrogens is 396 g/mol. The lowest BCUT2D eigenvalue weighted by Gasteiger charge is -2.20. The van der Waals surface area contributed by atoms with Crippen molar-refractivity contribution in [3.63, 3.8) is 0 Å². The smallest absolute Gasteiger partial charge is 0.312 e. The maximum absolute atomic E-state index is 12.5. The Labute approximate surface area is 170 Å². The first kappa shape index (κ1) is 21.3. The Bertz CT molecular complexity index is 913. The molecule has 0 aliphatic carbocycles. The van der Waals surface area contributed by atoms with Crippen molar-refractivity contribution < 1.29 is 27.5 Å². The van der Waals surface area contributed by atoms with Crippen LogP contribution in [0.25, 0.3) is 0 Å². The fourth-order valence-electron chi connectivity index (χ4n) is 3.72. The first-order valence-electron chi connectivity index (χ1n) is 9.79. The van der Waals surface area contributed by atoms with E-state index in [1.165, 1.54) is 6.92 Å². The molecular formula is C20H26N2O6S. The molecule has 0 spiro atoms. The summed E-state index contributed by atoms with van der Waals surface area (Å²) >= 11 is 0. The number of anilines is 1. The zero-order valence-electron chi connectivity index (χ0n) is 16.6. The summed E-state index contributed by atoms with van der Waals surface area (Å²) in [4.78, 5) is 38.8. The first-order valence-corrected chi connectivity index (χ1v) is 11.6. The fraction of sp³-hybridized carbons (Fsp3) is 0.550. The lowest BCUT2D eigenvalue weighted by molar-refractivity contribution is -0.158. The number of hydrogen-bond donors (Lipinski definition) is 1. The zero-order chi connectivity index (χ0) is 21.2. The number of aryl methyl sites for hydroxylation is 1. The van der Waals surface area contributed by atoms with Crippen LogP contribution in [0.15, 0.2) is 24.3 Å². The molecule has 2 amide bonds. The monoisotopic (exact) mass is 422 g/mol. The van der Waals surface area contributed by atoms with Gasteiger partial charge in [0, 0.05) is 24.7 Å². The molecule has 2 fully saturated rings. The van der Waals surface area contributed by atoms with Gasteiger partial charge in [0.2, 0.25) is 5.91 Å². The number of amides is 2. The Morgan fingerprint density at radius 2 is 2.03 bits per heavy atom. The predicted molar refractivity (Wildman–Crippen MR) is 107 cm³/mol. The highest BCUT2D eigenvalue weighted by Gasteiger charge is 2.38. The molecule has 3 rings (SSSR count). The van der Waals surface area contributed by atoms with Crippen LogP contribution in [-0.2, 0) is 35.4 Å². The molecule has 0 saturated carbocycles. The number of carbonyl (C=O) groups is 3. The summed E-state index contributed by atoms with van der Waals surface area (Å²) in [5.41, 5.74) is 1.82. The number of nitrogens with zero attached hydrogens (tertiary/aromatic N) is 1. The standard InChI is InChI=1S/C20H26N2O6S/c1-3-14-6-4-5-7-17(14)22-11-15(10-18(22)23)20(25)28-13(2)19(24)21-16-8-9-29(26,27)12-16/h4-7,13,15-16H,3,8-12H2,1-2H3,(H,21,24)/t13-,15-,16-/m1/s1. The number of nitrogens with one attached hydrogen (secondary N) is 1. The summed E-state index contributed by atoms with van der Waals surface area (Å²) in [5.74, 6) is -1.97. The van der Waals surface area contributed by atoms with E-state index in [4.69, 9.17) is 4.74 Å². The Morgan fingerprint density at radius 3 is 2.69 bits per heavy atom. The van der Waals surface area contributed by atoms with Crippen molar-refractivity contribution in [1.29, 1.82) is 0 Å². The second-order valence-electron chi connectivity index (χ2n) is 7.58. The number of ether oxygens (including phenoxy) is 1. The van der Waals surface area contributed by atoms with Gasteiger partial charge in [0.25, 0.3) is 5.91 Å². The van der Waals surface area contributed by atoms with Crippen LogP contribution in [0.4, 0.5) is 5.69 Å². The molecule has 8 nitrogen and oxygen atoms in total. The van der Waals surface area contributed by atoms with Gasteiger partial charge in [-0.1, -0.05) is 25.1 Å². The minimum absolute atomic E-state index is 0.0338. The molecule has 2 heterocycles. The minimum Gasteiger partial charge on any atom is -0.452 e. The number of sulfone groups is 1. The van der Waals surface area contributed by atoms with Crippen molar-refractivity contribution in [3.8, 4) is 0 Å². The fourth-order valence-corrected chi connectivity index (χ4v) is 5.40. The molecule has 2 aliphatic heterocycles. The van der Waals surface area contributed by atoms with E-state index < -0.39 is 39.8 Å². The van der Waals surface area contributed by atoms with Gasteiger partial charge in [-0.25, -0.2) is 8.42 Å². The number of esters is 1. The normalized spacial score (nSPS) is 24.3. The third-order valence-electron chi connectivity index (χ3n) is 5.36. The molecule has 0 bridgehead atoms. The molecule has 3 atom stereocenters. The van der Waals surface area contributed by atoms with Crippen molar-refractivity contribution in [2.75, 3.05) is 23.0 Å². The van der Waals surface area contributed by atoms with Crippen molar-refractivity contribution in [3.05, 3.63) is 29.8 Å². The van der Waals surface area contributed by atoms with Crippen LogP contribution < -0.4 is 10.2 Å². The summed E-state index contributed by atoms with van der Waals surface area (Å²) < 4.78 is 28.3. The summed E-state index contributed by atoms with van der Waals surface area (Å²) in [6.45, 7) is 3.66. The SMILES string of the molecule is CCc1ccccc1N1C[C@H](C(=O)O[C@H](C)C(=O)N[C@@H]2CCS(=O)(=O)C2)CC1=O. The minimum atomic E-state index is -3.11. The molecule has 158 valence electrons. The Hall–Kier alpha value is -2.42. The average Bonchev–Trinajstić information content (AvgIpc) is 3.23. The van der Waals surface area contributed by atoms with E-state index >= 15 is 0 Å². The van der Waals surface area contributed by atoms with Crippen molar-refractivity contribution in [2.24, 2.45) is 5.92 Å². The average molecular weight is 423 g/mol. The van der Waals surface area contributed by atoms with Gasteiger partial charge in [-0.15, -0.1) is 0 Å². The molecule has 9 heteroatoms. The van der Waals surface area contributed by atoms with E-state index in [0.717, 1.165) is 17.7 Å². The van der Waals surface area contributed by atoms with Crippen LogP contribution in [-0.4, -0.2) is 56.4 Å². The molecule has 2 saturated heterocycles. The summed E-state index contributed by atoms with van der Waals surface area (Å²) in [6.07, 6.45) is 0.102. The van der Waals surface area contributed by atoms with Crippen LogP contribution in [0.2, 0.25) is 0 Å². The molecule has 0 aromatic heterocycles. The van der Waals surface area contributed by atoms with Crippen LogP contribution in [0, 0.1) is 5.92 Å². The highest BCUT2D eigenvalue weighted by molar-refractivity contribution is 7.91. The summed E-state index contributed by atoms with van der Waals surface area (Å²) in [7, 11) is -3.11. The third-order valence-corrected chi connectivity index (χ3v) is 7.13. The maximum Gasteiger partial charge on any atom is 0.312 e. The number of hydrogen-bond acceptors (Lipinski definition) is 6. The highest BCUT2D eigenvalue weighted by Crippen LogP contribution is 2.29. The lowest BCUT2D eigenvalue weighted by Crippen LogP contribution is -2.43.